The van der Waals surface area contributed by atoms with Gasteiger partial charge in [0.05, 0.1) is 11.1 Å². The normalized spacial score (nSPS) is 20.4. The van der Waals surface area contributed by atoms with Gasteiger partial charge in [0.15, 0.2) is 0 Å². The highest BCUT2D eigenvalue weighted by Crippen LogP contribution is 2.26. The molecule has 1 aliphatic heterocycles. The maximum atomic E-state index is 11.3. The van der Waals surface area contributed by atoms with Crippen LogP contribution in [0.3, 0.4) is 0 Å². The zero-order valence-electron chi connectivity index (χ0n) is 10.2. The fourth-order valence-corrected chi connectivity index (χ4v) is 2.53. The molecule has 2 unspecified atom stereocenters. The van der Waals surface area contributed by atoms with Gasteiger partial charge in [-0.2, -0.15) is 0 Å². The summed E-state index contributed by atoms with van der Waals surface area (Å²) < 4.78 is 6.22. The average Bonchev–Trinajstić information content (AvgIpc) is 2.86. The molecule has 4 nitrogen and oxygen atoms in total. The molecule has 1 saturated heterocycles. The number of carboxylic acids is 1. The standard InChI is InChI=1S/C13H15BrClNO3/c14-10-4-3-8(6-11(10)15)12(13(17)18)16-7-9-2-1-5-19-9/h3-4,6,9,12,16H,1-2,5,7H2,(H,17,18). The van der Waals surface area contributed by atoms with Crippen molar-refractivity contribution in [2.45, 2.75) is 25.0 Å². The Balaban J connectivity index is 2.05. The summed E-state index contributed by atoms with van der Waals surface area (Å²) in [6, 6.07) is 4.39. The van der Waals surface area contributed by atoms with Crippen LogP contribution in [0, 0.1) is 0 Å². The molecule has 2 rings (SSSR count). The van der Waals surface area contributed by atoms with E-state index >= 15 is 0 Å². The Bertz CT molecular complexity index is 463. The molecule has 1 aromatic rings. The van der Waals surface area contributed by atoms with Crippen molar-refractivity contribution in [3.05, 3.63) is 33.3 Å². The zero-order valence-corrected chi connectivity index (χ0v) is 12.6. The number of carboxylic acid groups (broad SMARTS) is 1. The monoisotopic (exact) mass is 347 g/mol. The first kappa shape index (κ1) is 14.8. The van der Waals surface area contributed by atoms with E-state index < -0.39 is 12.0 Å². The molecular formula is C13H15BrClNO3. The first-order chi connectivity index (χ1) is 9.08. The summed E-state index contributed by atoms with van der Waals surface area (Å²) >= 11 is 9.29. The van der Waals surface area contributed by atoms with Gasteiger partial charge in [-0.05, 0) is 46.5 Å². The number of benzene rings is 1. The lowest BCUT2D eigenvalue weighted by molar-refractivity contribution is -0.139. The Morgan fingerprint density at radius 1 is 1.63 bits per heavy atom. The fourth-order valence-electron chi connectivity index (χ4n) is 2.09. The summed E-state index contributed by atoms with van der Waals surface area (Å²) in [6.45, 7) is 1.29. The van der Waals surface area contributed by atoms with E-state index in [2.05, 4.69) is 21.2 Å². The quantitative estimate of drug-likeness (QED) is 0.859. The molecule has 0 amide bonds. The summed E-state index contributed by atoms with van der Waals surface area (Å²) in [5.41, 5.74) is 0.638. The van der Waals surface area contributed by atoms with Crippen LogP contribution in [0.1, 0.15) is 24.4 Å². The number of ether oxygens (including phenoxy) is 1. The van der Waals surface area contributed by atoms with Gasteiger partial charge in [-0.25, -0.2) is 0 Å². The van der Waals surface area contributed by atoms with Crippen LogP contribution in [0.15, 0.2) is 22.7 Å². The first-order valence-corrected chi connectivity index (χ1v) is 7.28. The van der Waals surface area contributed by atoms with Gasteiger partial charge >= 0.3 is 5.97 Å². The third-order valence-electron chi connectivity index (χ3n) is 3.10. The molecule has 0 radical (unpaired) electrons. The number of hydrogen-bond donors (Lipinski definition) is 2. The molecule has 1 fully saturated rings. The van der Waals surface area contributed by atoms with E-state index in [-0.39, 0.29) is 6.10 Å². The number of rotatable bonds is 5. The number of carbonyl (C=O) groups is 1. The smallest absolute Gasteiger partial charge is 0.325 e. The van der Waals surface area contributed by atoms with E-state index in [4.69, 9.17) is 16.3 Å². The molecule has 2 N–H and O–H groups in total. The third-order valence-corrected chi connectivity index (χ3v) is 4.33. The van der Waals surface area contributed by atoms with E-state index in [1.54, 1.807) is 18.2 Å². The van der Waals surface area contributed by atoms with Crippen LogP contribution >= 0.6 is 27.5 Å². The van der Waals surface area contributed by atoms with Gasteiger partial charge < -0.3 is 9.84 Å². The zero-order chi connectivity index (χ0) is 13.8. The highest BCUT2D eigenvalue weighted by molar-refractivity contribution is 9.10. The number of hydrogen-bond acceptors (Lipinski definition) is 3. The van der Waals surface area contributed by atoms with Crippen LogP contribution in [-0.2, 0) is 9.53 Å². The lowest BCUT2D eigenvalue weighted by Gasteiger charge is -2.18. The fraction of sp³-hybridized carbons (Fsp3) is 0.462. The average molecular weight is 349 g/mol. The minimum Gasteiger partial charge on any atom is -0.480 e. The summed E-state index contributed by atoms with van der Waals surface area (Å²) in [5.74, 6) is -0.920. The van der Waals surface area contributed by atoms with E-state index in [0.29, 0.717) is 17.1 Å². The van der Waals surface area contributed by atoms with Crippen LogP contribution in [0.25, 0.3) is 0 Å². The summed E-state index contributed by atoms with van der Waals surface area (Å²) in [7, 11) is 0. The Morgan fingerprint density at radius 3 is 3.00 bits per heavy atom. The molecule has 2 atom stereocenters. The van der Waals surface area contributed by atoms with Crippen molar-refractivity contribution >= 4 is 33.5 Å². The van der Waals surface area contributed by atoms with E-state index in [0.717, 1.165) is 23.9 Å². The van der Waals surface area contributed by atoms with Gasteiger partial charge in [-0.3, -0.25) is 10.1 Å². The van der Waals surface area contributed by atoms with Crippen molar-refractivity contribution in [2.75, 3.05) is 13.2 Å². The number of nitrogens with one attached hydrogen (secondary N) is 1. The van der Waals surface area contributed by atoms with Crippen LogP contribution < -0.4 is 5.32 Å². The Morgan fingerprint density at radius 2 is 2.42 bits per heavy atom. The van der Waals surface area contributed by atoms with Crippen molar-refractivity contribution in [1.82, 2.24) is 5.32 Å². The predicted octanol–water partition coefficient (Wildman–Crippen LogP) is 3.00. The predicted molar refractivity (Wildman–Crippen MR) is 76.5 cm³/mol. The van der Waals surface area contributed by atoms with Gasteiger partial charge in [0.2, 0.25) is 0 Å². The van der Waals surface area contributed by atoms with Crippen LogP contribution in [0.2, 0.25) is 5.02 Å². The van der Waals surface area contributed by atoms with E-state index in [1.807, 2.05) is 0 Å². The minimum atomic E-state index is -0.920. The third kappa shape index (κ3) is 3.92. The van der Waals surface area contributed by atoms with Gasteiger partial charge in [0, 0.05) is 17.6 Å². The van der Waals surface area contributed by atoms with Crippen molar-refractivity contribution in [2.24, 2.45) is 0 Å². The van der Waals surface area contributed by atoms with Gasteiger partial charge in [0.25, 0.3) is 0 Å². The lowest BCUT2D eigenvalue weighted by atomic mass is 10.1. The number of halogens is 2. The van der Waals surface area contributed by atoms with E-state index in [9.17, 15) is 9.90 Å². The van der Waals surface area contributed by atoms with Crippen LogP contribution in [-0.4, -0.2) is 30.3 Å². The molecule has 19 heavy (non-hydrogen) atoms. The number of aliphatic carboxylic acids is 1. The minimum absolute atomic E-state index is 0.104. The van der Waals surface area contributed by atoms with Crippen molar-refractivity contribution in [3.63, 3.8) is 0 Å². The maximum Gasteiger partial charge on any atom is 0.325 e. The Labute approximate surface area is 125 Å². The molecule has 0 aliphatic carbocycles. The van der Waals surface area contributed by atoms with Crippen molar-refractivity contribution in [3.8, 4) is 0 Å². The largest absolute Gasteiger partial charge is 0.480 e. The Kier molecular flexibility index (Phi) is 5.21. The van der Waals surface area contributed by atoms with Crippen LogP contribution in [0.4, 0.5) is 0 Å². The SMILES string of the molecule is O=C(O)C(NCC1CCCO1)c1ccc(Br)c(Cl)c1. The molecule has 0 bridgehead atoms. The van der Waals surface area contributed by atoms with Gasteiger partial charge in [0.1, 0.15) is 6.04 Å². The first-order valence-electron chi connectivity index (χ1n) is 6.10. The van der Waals surface area contributed by atoms with Gasteiger partial charge in [-0.15, -0.1) is 0 Å². The van der Waals surface area contributed by atoms with E-state index in [1.165, 1.54) is 0 Å². The second-order valence-electron chi connectivity index (χ2n) is 4.49. The second-order valence-corrected chi connectivity index (χ2v) is 5.75. The lowest BCUT2D eigenvalue weighted by Crippen LogP contribution is -2.34. The molecule has 1 heterocycles. The molecule has 0 saturated carbocycles. The molecule has 1 aromatic carbocycles. The van der Waals surface area contributed by atoms with Crippen molar-refractivity contribution in [1.29, 1.82) is 0 Å². The Hall–Kier alpha value is -0.620. The maximum absolute atomic E-state index is 11.3. The molecule has 1 aliphatic rings. The highest BCUT2D eigenvalue weighted by Gasteiger charge is 2.23. The highest BCUT2D eigenvalue weighted by atomic mass is 79.9. The molecular weight excluding hydrogens is 334 g/mol. The molecule has 0 aromatic heterocycles. The van der Waals surface area contributed by atoms with Gasteiger partial charge in [-0.1, -0.05) is 17.7 Å². The summed E-state index contributed by atoms with van der Waals surface area (Å²) in [4.78, 5) is 11.3. The molecule has 104 valence electrons. The topological polar surface area (TPSA) is 58.6 Å². The van der Waals surface area contributed by atoms with Crippen LogP contribution in [0.5, 0.6) is 0 Å². The van der Waals surface area contributed by atoms with Crippen molar-refractivity contribution < 1.29 is 14.6 Å². The summed E-state index contributed by atoms with van der Waals surface area (Å²) in [5, 5.41) is 12.8. The molecule has 0 spiro atoms. The second kappa shape index (κ2) is 6.70. The molecule has 6 heteroatoms. The summed E-state index contributed by atoms with van der Waals surface area (Å²) in [6.07, 6.45) is 2.11.